The van der Waals surface area contributed by atoms with Crippen molar-refractivity contribution in [3.05, 3.63) is 47.6 Å². The Morgan fingerprint density at radius 2 is 2.12 bits per heavy atom. The fraction of sp³-hybridized carbons (Fsp3) is 0.526. The first-order valence-electron chi connectivity index (χ1n) is 9.20. The van der Waals surface area contributed by atoms with Crippen LogP contribution in [-0.4, -0.2) is 25.6 Å². The van der Waals surface area contributed by atoms with Crippen molar-refractivity contribution in [2.24, 2.45) is 5.92 Å². The summed E-state index contributed by atoms with van der Waals surface area (Å²) in [6.45, 7) is 4.98. The predicted octanol–water partition coefficient (Wildman–Crippen LogP) is 3.09. The Kier molecular flexibility index (Phi) is 4.53. The molecular formula is C19H25N5O. The van der Waals surface area contributed by atoms with Gasteiger partial charge in [0.25, 0.3) is 0 Å². The molecule has 132 valence electrons. The third-order valence-electron chi connectivity index (χ3n) is 5.20. The lowest BCUT2D eigenvalue weighted by atomic mass is 10.0. The van der Waals surface area contributed by atoms with Crippen LogP contribution in [0, 0.1) is 12.8 Å². The molecular weight excluding hydrogens is 314 g/mol. The first-order valence-corrected chi connectivity index (χ1v) is 9.20. The minimum Gasteiger partial charge on any atom is -0.425 e. The number of pyridine rings is 1. The van der Waals surface area contributed by atoms with Gasteiger partial charge in [-0.3, -0.25) is 0 Å². The van der Waals surface area contributed by atoms with E-state index in [2.05, 4.69) is 50.2 Å². The summed E-state index contributed by atoms with van der Waals surface area (Å²) in [7, 11) is 0. The zero-order chi connectivity index (χ0) is 17.2. The van der Waals surface area contributed by atoms with Gasteiger partial charge in [-0.05, 0) is 44.2 Å². The van der Waals surface area contributed by atoms with Gasteiger partial charge in [0.15, 0.2) is 0 Å². The molecule has 0 saturated heterocycles. The molecule has 1 N–H and O–H groups in total. The van der Waals surface area contributed by atoms with Crippen LogP contribution < -0.4 is 5.32 Å². The minimum atomic E-state index is 0.548. The molecule has 1 fully saturated rings. The Labute approximate surface area is 147 Å². The average Bonchev–Trinajstić information content (AvgIpc) is 3.32. The van der Waals surface area contributed by atoms with Crippen LogP contribution in [0.15, 0.2) is 28.8 Å². The van der Waals surface area contributed by atoms with Crippen LogP contribution >= 0.6 is 0 Å². The van der Waals surface area contributed by atoms with E-state index in [1.54, 1.807) is 0 Å². The zero-order valence-electron chi connectivity index (χ0n) is 14.9. The summed E-state index contributed by atoms with van der Waals surface area (Å²) in [4.78, 5) is 4.63. The molecule has 3 heterocycles. The van der Waals surface area contributed by atoms with Gasteiger partial charge in [-0.2, -0.15) is 0 Å². The number of hydrogen-bond acceptors (Lipinski definition) is 5. The second-order valence-electron chi connectivity index (χ2n) is 6.98. The zero-order valence-corrected chi connectivity index (χ0v) is 14.9. The van der Waals surface area contributed by atoms with Crippen molar-refractivity contribution in [3.63, 3.8) is 0 Å². The number of hydrogen-bond donors (Lipinski definition) is 1. The molecule has 25 heavy (non-hydrogen) atoms. The lowest BCUT2D eigenvalue weighted by Crippen LogP contribution is -2.27. The van der Waals surface area contributed by atoms with E-state index in [9.17, 15) is 0 Å². The largest absolute Gasteiger partial charge is 0.425 e. The number of nitrogens with one attached hydrogen (secondary N) is 1. The molecule has 1 aliphatic carbocycles. The highest BCUT2D eigenvalue weighted by Crippen LogP contribution is 2.29. The molecule has 6 nitrogen and oxygen atoms in total. The third kappa shape index (κ3) is 3.44. The van der Waals surface area contributed by atoms with Crippen molar-refractivity contribution in [2.45, 2.75) is 58.5 Å². The first kappa shape index (κ1) is 16.3. The van der Waals surface area contributed by atoms with Crippen LogP contribution in [0.5, 0.6) is 0 Å². The summed E-state index contributed by atoms with van der Waals surface area (Å²) in [6, 6.07) is 6.68. The molecule has 2 atom stereocenters. The van der Waals surface area contributed by atoms with Crippen LogP contribution in [0.2, 0.25) is 0 Å². The third-order valence-corrected chi connectivity index (χ3v) is 5.20. The summed E-state index contributed by atoms with van der Waals surface area (Å²) in [5, 5.41) is 11.9. The summed E-state index contributed by atoms with van der Waals surface area (Å²) >= 11 is 0. The standard InChI is InChI=1S/C19H25N5O/c1-3-18-22-23-19(25-18)11-14-7-8-15(10-14)20-12-16-13(2)21-17-6-4-5-9-24(16)17/h4-6,9,14-15,20H,3,7-8,10-12H2,1-2H3/t14-,15+/m1/s1. The second kappa shape index (κ2) is 6.96. The van der Waals surface area contributed by atoms with Crippen molar-refractivity contribution >= 4 is 5.65 Å². The van der Waals surface area contributed by atoms with Gasteiger partial charge in [-0.25, -0.2) is 4.98 Å². The predicted molar refractivity (Wildman–Crippen MR) is 95.3 cm³/mol. The highest BCUT2D eigenvalue weighted by molar-refractivity contribution is 5.42. The fourth-order valence-electron chi connectivity index (χ4n) is 3.82. The first-order chi connectivity index (χ1) is 12.2. The van der Waals surface area contributed by atoms with Gasteiger partial charge in [0.2, 0.25) is 11.8 Å². The number of imidazole rings is 1. The van der Waals surface area contributed by atoms with Gasteiger partial charge < -0.3 is 14.1 Å². The SMILES string of the molecule is CCc1nnc(C[C@@H]2CC[C@H](NCc3c(C)nc4ccccn34)C2)o1. The van der Waals surface area contributed by atoms with Crippen molar-refractivity contribution in [2.75, 3.05) is 0 Å². The van der Waals surface area contributed by atoms with Gasteiger partial charge in [0.05, 0.1) is 11.4 Å². The lowest BCUT2D eigenvalue weighted by molar-refractivity contribution is 0.402. The summed E-state index contributed by atoms with van der Waals surface area (Å²) in [6.07, 6.45) is 7.38. The Hall–Kier alpha value is -2.21. The van der Waals surface area contributed by atoms with E-state index in [1.165, 1.54) is 25.0 Å². The molecule has 3 aromatic heterocycles. The van der Waals surface area contributed by atoms with Crippen LogP contribution in [0.25, 0.3) is 5.65 Å². The number of fused-ring (bicyclic) bond motifs is 1. The molecule has 0 aliphatic heterocycles. The summed E-state index contributed by atoms with van der Waals surface area (Å²) < 4.78 is 7.84. The molecule has 0 aromatic carbocycles. The molecule has 0 bridgehead atoms. The van der Waals surface area contributed by atoms with Gasteiger partial charge in [0, 0.05) is 31.6 Å². The molecule has 6 heteroatoms. The Morgan fingerprint density at radius 1 is 1.24 bits per heavy atom. The maximum absolute atomic E-state index is 5.66. The second-order valence-corrected chi connectivity index (χ2v) is 6.98. The van der Waals surface area contributed by atoms with Gasteiger partial charge in [-0.15, -0.1) is 10.2 Å². The van der Waals surface area contributed by atoms with E-state index >= 15 is 0 Å². The van der Waals surface area contributed by atoms with Gasteiger partial charge in [0.1, 0.15) is 5.65 Å². The monoisotopic (exact) mass is 339 g/mol. The number of nitrogens with zero attached hydrogens (tertiary/aromatic N) is 4. The molecule has 1 aliphatic rings. The molecule has 0 amide bonds. The number of rotatable bonds is 6. The van der Waals surface area contributed by atoms with Gasteiger partial charge >= 0.3 is 0 Å². The van der Waals surface area contributed by atoms with Crippen molar-refractivity contribution in [1.29, 1.82) is 0 Å². The normalized spacial score (nSPS) is 20.6. The lowest BCUT2D eigenvalue weighted by Gasteiger charge is -2.13. The Balaban J connectivity index is 1.34. The van der Waals surface area contributed by atoms with Crippen molar-refractivity contribution < 1.29 is 4.42 Å². The van der Waals surface area contributed by atoms with E-state index in [4.69, 9.17) is 4.42 Å². The summed E-state index contributed by atoms with van der Waals surface area (Å²) in [5.41, 5.74) is 3.37. The number of aromatic nitrogens is 4. The average molecular weight is 339 g/mol. The molecule has 3 aromatic rings. The highest BCUT2D eigenvalue weighted by atomic mass is 16.4. The van der Waals surface area contributed by atoms with Crippen LogP contribution in [0.4, 0.5) is 0 Å². The van der Waals surface area contributed by atoms with E-state index in [-0.39, 0.29) is 0 Å². The molecule has 4 rings (SSSR count). The van der Waals surface area contributed by atoms with E-state index in [0.717, 1.165) is 42.5 Å². The Morgan fingerprint density at radius 3 is 2.96 bits per heavy atom. The van der Waals surface area contributed by atoms with Crippen LogP contribution in [-0.2, 0) is 19.4 Å². The molecule has 0 unspecified atom stereocenters. The smallest absolute Gasteiger partial charge is 0.216 e. The molecule has 1 saturated carbocycles. The van der Waals surface area contributed by atoms with E-state index in [1.807, 2.05) is 13.0 Å². The molecule has 0 spiro atoms. The quantitative estimate of drug-likeness (QED) is 0.747. The van der Waals surface area contributed by atoms with E-state index in [0.29, 0.717) is 12.0 Å². The number of aryl methyl sites for hydroxylation is 2. The topological polar surface area (TPSA) is 68.2 Å². The van der Waals surface area contributed by atoms with Crippen LogP contribution in [0.3, 0.4) is 0 Å². The van der Waals surface area contributed by atoms with Crippen LogP contribution in [0.1, 0.15) is 49.4 Å². The van der Waals surface area contributed by atoms with E-state index < -0.39 is 0 Å². The fourth-order valence-corrected chi connectivity index (χ4v) is 3.82. The van der Waals surface area contributed by atoms with Crippen molar-refractivity contribution in [3.8, 4) is 0 Å². The minimum absolute atomic E-state index is 0.548. The maximum atomic E-state index is 5.66. The Bertz CT molecular complexity index is 852. The molecule has 0 radical (unpaired) electrons. The van der Waals surface area contributed by atoms with Crippen molar-refractivity contribution in [1.82, 2.24) is 24.9 Å². The maximum Gasteiger partial charge on any atom is 0.216 e. The summed E-state index contributed by atoms with van der Waals surface area (Å²) in [5.74, 6) is 2.16. The van der Waals surface area contributed by atoms with Gasteiger partial charge in [-0.1, -0.05) is 13.0 Å². The highest BCUT2D eigenvalue weighted by Gasteiger charge is 2.26.